The molecule has 0 aromatic rings. The molecule has 0 heterocycles. The second-order valence-corrected chi connectivity index (χ2v) is 4.17. The molecule has 15 heavy (non-hydrogen) atoms. The molecule has 0 spiro atoms. The minimum absolute atomic E-state index is 0.0632. The number of carbonyl (C=O) groups is 1. The maximum Gasteiger partial charge on any atom is 0.308 e. The van der Waals surface area contributed by atoms with Gasteiger partial charge in [-0.2, -0.15) is 0 Å². The summed E-state index contributed by atoms with van der Waals surface area (Å²) < 4.78 is 4.45. The molecule has 0 bridgehead atoms. The normalized spacial score (nSPS) is 12.9. The van der Waals surface area contributed by atoms with Gasteiger partial charge in [-0.15, -0.1) is 0 Å². The summed E-state index contributed by atoms with van der Waals surface area (Å²) in [5.41, 5.74) is 0. The topological polar surface area (TPSA) is 58.6 Å². The van der Waals surface area contributed by atoms with Gasteiger partial charge in [0, 0.05) is 6.54 Å². The monoisotopic (exact) mass is 217 g/mol. The van der Waals surface area contributed by atoms with Crippen LogP contribution in [0.15, 0.2) is 0 Å². The highest BCUT2D eigenvalue weighted by Gasteiger charge is 2.09. The minimum Gasteiger partial charge on any atom is -0.469 e. The molecule has 0 amide bonds. The van der Waals surface area contributed by atoms with Crippen molar-refractivity contribution in [1.82, 2.24) is 5.32 Å². The molecule has 0 aliphatic rings. The predicted molar refractivity (Wildman–Crippen MR) is 59.6 cm³/mol. The van der Waals surface area contributed by atoms with Crippen molar-refractivity contribution in [2.75, 3.05) is 20.2 Å². The summed E-state index contributed by atoms with van der Waals surface area (Å²) in [5.74, 6) is 0.346. The summed E-state index contributed by atoms with van der Waals surface area (Å²) in [6.45, 7) is 5.71. The van der Waals surface area contributed by atoms with Crippen molar-refractivity contribution in [3.8, 4) is 0 Å². The number of hydrogen-bond acceptors (Lipinski definition) is 4. The lowest BCUT2D eigenvalue weighted by molar-refractivity contribution is -0.142. The number of aliphatic hydroxyl groups is 1. The molecular weight excluding hydrogens is 194 g/mol. The Kier molecular flexibility index (Phi) is 8.33. The van der Waals surface area contributed by atoms with Gasteiger partial charge < -0.3 is 15.2 Å². The van der Waals surface area contributed by atoms with Gasteiger partial charge in [0.2, 0.25) is 0 Å². The molecule has 4 heteroatoms. The van der Waals surface area contributed by atoms with Crippen LogP contribution >= 0.6 is 0 Å². The van der Waals surface area contributed by atoms with Gasteiger partial charge in [0.25, 0.3) is 0 Å². The van der Waals surface area contributed by atoms with Crippen LogP contribution in [-0.2, 0) is 9.53 Å². The Morgan fingerprint density at radius 3 is 2.67 bits per heavy atom. The van der Waals surface area contributed by atoms with Crippen LogP contribution in [0.3, 0.4) is 0 Å². The highest BCUT2D eigenvalue weighted by Crippen LogP contribution is 2.01. The van der Waals surface area contributed by atoms with E-state index in [0.29, 0.717) is 12.5 Å². The van der Waals surface area contributed by atoms with Crippen LogP contribution in [-0.4, -0.2) is 37.4 Å². The first-order chi connectivity index (χ1) is 7.06. The van der Waals surface area contributed by atoms with Crippen molar-refractivity contribution in [2.45, 2.75) is 39.2 Å². The summed E-state index contributed by atoms with van der Waals surface area (Å²) in [6, 6.07) is 0. The first kappa shape index (κ1) is 14.4. The van der Waals surface area contributed by atoms with Crippen molar-refractivity contribution >= 4 is 5.97 Å². The third kappa shape index (κ3) is 9.69. The van der Waals surface area contributed by atoms with Gasteiger partial charge in [0.15, 0.2) is 0 Å². The molecule has 1 atom stereocenters. The van der Waals surface area contributed by atoms with E-state index in [1.165, 1.54) is 13.5 Å². The highest BCUT2D eigenvalue weighted by molar-refractivity contribution is 5.69. The maximum atomic E-state index is 10.8. The number of hydrogen-bond donors (Lipinski definition) is 2. The van der Waals surface area contributed by atoms with E-state index < -0.39 is 6.10 Å². The minimum atomic E-state index is -0.642. The van der Waals surface area contributed by atoms with Gasteiger partial charge >= 0.3 is 5.97 Å². The lowest BCUT2D eigenvalue weighted by Crippen LogP contribution is -2.29. The molecule has 0 aliphatic heterocycles. The molecule has 4 nitrogen and oxygen atoms in total. The van der Waals surface area contributed by atoms with Crippen molar-refractivity contribution in [1.29, 1.82) is 0 Å². The van der Waals surface area contributed by atoms with Crippen molar-refractivity contribution in [2.24, 2.45) is 5.92 Å². The molecule has 2 N–H and O–H groups in total. The van der Waals surface area contributed by atoms with E-state index in [-0.39, 0.29) is 12.4 Å². The lowest BCUT2D eigenvalue weighted by atomic mass is 10.1. The lowest BCUT2D eigenvalue weighted by Gasteiger charge is -2.11. The largest absolute Gasteiger partial charge is 0.469 e. The number of methoxy groups -OCH3 is 1. The summed E-state index contributed by atoms with van der Waals surface area (Å²) in [5, 5.41) is 12.5. The molecule has 0 rings (SSSR count). The molecule has 0 aromatic heterocycles. The summed E-state index contributed by atoms with van der Waals surface area (Å²) in [6.07, 6.45) is 1.70. The fraction of sp³-hybridized carbons (Fsp3) is 0.909. The third-order valence-electron chi connectivity index (χ3n) is 2.14. The van der Waals surface area contributed by atoms with Gasteiger partial charge in [-0.1, -0.05) is 13.8 Å². The number of rotatable bonds is 8. The SMILES string of the molecule is COC(=O)CC(O)CNCCCC(C)C. The average Bonchev–Trinajstić information content (AvgIpc) is 2.16. The number of esters is 1. The molecule has 0 radical (unpaired) electrons. The van der Waals surface area contributed by atoms with Gasteiger partial charge in [0.05, 0.1) is 19.6 Å². The third-order valence-corrected chi connectivity index (χ3v) is 2.14. The van der Waals surface area contributed by atoms with E-state index in [4.69, 9.17) is 0 Å². The molecule has 0 aliphatic carbocycles. The van der Waals surface area contributed by atoms with Crippen LogP contribution in [0.2, 0.25) is 0 Å². The average molecular weight is 217 g/mol. The zero-order valence-corrected chi connectivity index (χ0v) is 9.95. The molecule has 0 saturated heterocycles. The summed E-state index contributed by atoms with van der Waals surface area (Å²) in [4.78, 5) is 10.8. The fourth-order valence-corrected chi connectivity index (χ4v) is 1.25. The van der Waals surface area contributed by atoms with Crippen LogP contribution in [0.25, 0.3) is 0 Å². The predicted octanol–water partition coefficient (Wildman–Crippen LogP) is 0.936. The van der Waals surface area contributed by atoms with Crippen molar-refractivity contribution < 1.29 is 14.6 Å². The van der Waals surface area contributed by atoms with Crippen LogP contribution < -0.4 is 5.32 Å². The molecule has 0 saturated carbocycles. The Hall–Kier alpha value is -0.610. The van der Waals surface area contributed by atoms with Gasteiger partial charge in [-0.3, -0.25) is 4.79 Å². The summed E-state index contributed by atoms with van der Waals surface area (Å²) in [7, 11) is 1.32. The molecule has 90 valence electrons. The number of carbonyl (C=O) groups excluding carboxylic acids is 1. The van der Waals surface area contributed by atoms with Crippen molar-refractivity contribution in [3.05, 3.63) is 0 Å². The quantitative estimate of drug-likeness (QED) is 0.469. The fourth-order valence-electron chi connectivity index (χ4n) is 1.25. The standard InChI is InChI=1S/C11H23NO3/c1-9(2)5-4-6-12-8-10(13)7-11(14)15-3/h9-10,12-13H,4-8H2,1-3H3. The van der Waals surface area contributed by atoms with Crippen LogP contribution in [0, 0.1) is 5.92 Å². The zero-order valence-electron chi connectivity index (χ0n) is 9.95. The second kappa shape index (κ2) is 8.68. The van der Waals surface area contributed by atoms with E-state index in [9.17, 15) is 9.90 Å². The van der Waals surface area contributed by atoms with E-state index in [1.807, 2.05) is 0 Å². The highest BCUT2D eigenvalue weighted by atomic mass is 16.5. The smallest absolute Gasteiger partial charge is 0.308 e. The maximum absolute atomic E-state index is 10.8. The van der Waals surface area contributed by atoms with E-state index >= 15 is 0 Å². The molecule has 0 fully saturated rings. The number of aliphatic hydroxyl groups excluding tert-OH is 1. The van der Waals surface area contributed by atoms with E-state index in [2.05, 4.69) is 23.9 Å². The first-order valence-electron chi connectivity index (χ1n) is 5.51. The Balaban J connectivity index is 3.31. The Bertz CT molecular complexity index is 171. The van der Waals surface area contributed by atoms with Crippen molar-refractivity contribution in [3.63, 3.8) is 0 Å². The molecule has 0 aromatic carbocycles. The van der Waals surface area contributed by atoms with Gasteiger partial charge in [0.1, 0.15) is 0 Å². The van der Waals surface area contributed by atoms with E-state index in [0.717, 1.165) is 13.0 Å². The number of nitrogens with one attached hydrogen (secondary N) is 1. The van der Waals surface area contributed by atoms with Crippen LogP contribution in [0.5, 0.6) is 0 Å². The van der Waals surface area contributed by atoms with Crippen LogP contribution in [0.1, 0.15) is 33.1 Å². The molecular formula is C11H23NO3. The first-order valence-corrected chi connectivity index (χ1v) is 5.51. The van der Waals surface area contributed by atoms with Gasteiger partial charge in [-0.05, 0) is 25.3 Å². The summed E-state index contributed by atoms with van der Waals surface area (Å²) >= 11 is 0. The van der Waals surface area contributed by atoms with Gasteiger partial charge in [-0.25, -0.2) is 0 Å². The Morgan fingerprint density at radius 2 is 2.13 bits per heavy atom. The molecule has 1 unspecified atom stereocenters. The Labute approximate surface area is 92.0 Å². The second-order valence-electron chi connectivity index (χ2n) is 4.17. The van der Waals surface area contributed by atoms with Crippen LogP contribution in [0.4, 0.5) is 0 Å². The Morgan fingerprint density at radius 1 is 1.47 bits per heavy atom. The van der Waals surface area contributed by atoms with E-state index in [1.54, 1.807) is 0 Å². The zero-order chi connectivity index (χ0) is 11.7. The number of ether oxygens (including phenoxy) is 1.